The molecule has 1 heterocycles. The fraction of sp³-hybridized carbons (Fsp3) is 0.553. The average molecular weight is 908 g/mol. The minimum Gasteiger partial charge on any atom is -0.481 e. The number of hydrogen-bond acceptors (Lipinski definition) is 16. The van der Waals surface area contributed by atoms with Crippen LogP contribution in [0.2, 0.25) is 0 Å². The number of hydrogen-bond donors (Lipinski definition) is 5. The lowest BCUT2D eigenvalue weighted by molar-refractivity contribution is -0.346. The largest absolute Gasteiger partial charge is 0.481 e. The van der Waals surface area contributed by atoms with Crippen molar-refractivity contribution in [1.29, 1.82) is 0 Å². The van der Waals surface area contributed by atoms with Crippen LogP contribution in [0.1, 0.15) is 103 Å². The van der Waals surface area contributed by atoms with Gasteiger partial charge in [0.15, 0.2) is 11.4 Å². The van der Waals surface area contributed by atoms with Crippen LogP contribution in [0.25, 0.3) is 0 Å². The van der Waals surface area contributed by atoms with Gasteiger partial charge in [-0.3, -0.25) is 19.2 Å². The molecule has 18 nitrogen and oxygen atoms in total. The number of carboxylic acids is 1. The highest BCUT2D eigenvalue weighted by Crippen LogP contribution is 2.64. The van der Waals surface area contributed by atoms with E-state index in [1.165, 1.54) is 52.0 Å². The van der Waals surface area contributed by atoms with Gasteiger partial charge in [0.25, 0.3) is 0 Å². The maximum absolute atomic E-state index is 15.1. The molecule has 2 bridgehead atoms. The zero-order valence-electron chi connectivity index (χ0n) is 37.5. The summed E-state index contributed by atoms with van der Waals surface area (Å²) >= 11 is 0. The van der Waals surface area contributed by atoms with Gasteiger partial charge in [0.2, 0.25) is 6.10 Å². The minimum absolute atomic E-state index is 0.0334. The number of alkyl carbamates (subject to hydrolysis) is 1. The lowest BCUT2D eigenvalue weighted by atomic mass is 9.44. The van der Waals surface area contributed by atoms with E-state index >= 15 is 4.79 Å². The van der Waals surface area contributed by atoms with Crippen LogP contribution in [-0.2, 0) is 52.4 Å². The summed E-state index contributed by atoms with van der Waals surface area (Å²) in [7, 11) is 0. The van der Waals surface area contributed by atoms with Crippen LogP contribution in [-0.4, -0.2) is 122 Å². The number of carbonyl (C=O) groups is 7. The monoisotopic (exact) mass is 907 g/mol. The van der Waals surface area contributed by atoms with E-state index in [-0.39, 0.29) is 35.3 Å². The first-order valence-corrected chi connectivity index (χ1v) is 21.4. The van der Waals surface area contributed by atoms with E-state index in [1.807, 2.05) is 0 Å². The molecule has 11 atom stereocenters. The number of ketones is 1. The van der Waals surface area contributed by atoms with Gasteiger partial charge < -0.3 is 54.2 Å². The maximum Gasteiger partial charge on any atom is 0.408 e. The van der Waals surface area contributed by atoms with Crippen molar-refractivity contribution in [2.75, 3.05) is 6.61 Å². The van der Waals surface area contributed by atoms with Crippen molar-refractivity contribution in [3.63, 3.8) is 0 Å². The van der Waals surface area contributed by atoms with E-state index in [9.17, 15) is 49.2 Å². The van der Waals surface area contributed by atoms with Gasteiger partial charge in [-0.25, -0.2) is 14.4 Å². The van der Waals surface area contributed by atoms with Gasteiger partial charge in [0.1, 0.15) is 41.7 Å². The molecule has 3 fully saturated rings. The predicted molar refractivity (Wildman–Crippen MR) is 224 cm³/mol. The fourth-order valence-corrected chi connectivity index (χ4v) is 10.1. The Bertz CT molecular complexity index is 2240. The van der Waals surface area contributed by atoms with Crippen molar-refractivity contribution in [3.05, 3.63) is 82.9 Å². The number of benzene rings is 2. The topological polar surface area (TPSA) is 268 Å². The summed E-state index contributed by atoms with van der Waals surface area (Å²) in [4.78, 5) is 95.2. The molecule has 6 rings (SSSR count). The van der Waals surface area contributed by atoms with Gasteiger partial charge >= 0.3 is 35.9 Å². The second-order valence-corrected chi connectivity index (χ2v) is 18.9. The van der Waals surface area contributed by atoms with Crippen molar-refractivity contribution >= 4 is 41.7 Å². The molecule has 1 amide bonds. The van der Waals surface area contributed by atoms with Crippen LogP contribution >= 0.6 is 0 Å². The second kappa shape index (κ2) is 17.9. The van der Waals surface area contributed by atoms with E-state index < -0.39 is 137 Å². The molecule has 3 aliphatic carbocycles. The zero-order chi connectivity index (χ0) is 48.0. The van der Waals surface area contributed by atoms with Gasteiger partial charge in [-0.2, -0.15) is 0 Å². The molecular formula is C47H57NO17. The van der Waals surface area contributed by atoms with Crippen LogP contribution in [0.3, 0.4) is 0 Å². The number of fused-ring (bicyclic) bond motifs is 5. The Hall–Kier alpha value is -5.69. The van der Waals surface area contributed by atoms with Crippen LogP contribution in [0, 0.1) is 16.7 Å². The molecule has 1 unspecified atom stereocenters. The van der Waals surface area contributed by atoms with Gasteiger partial charge in [0.05, 0.1) is 42.4 Å². The molecule has 1 saturated heterocycles. The third-order valence-electron chi connectivity index (χ3n) is 13.3. The number of carbonyl (C=O) groups excluding carboxylic acids is 6. The summed E-state index contributed by atoms with van der Waals surface area (Å²) in [6.07, 6.45) is -13.5. The number of carboxylic acid groups (broad SMARTS) is 1. The normalized spacial score (nSPS) is 31.2. The summed E-state index contributed by atoms with van der Waals surface area (Å²) in [6.45, 7) is 11.4. The Morgan fingerprint density at radius 1 is 0.923 bits per heavy atom. The standard InChI is InChI=1S/C47H57NO17/c1-24-28(61-41(57)36(62-32(53)20-19-31(51)52)34(26-15-11-9-12-16-26)48-42(58)65-43(3,4)5)22-47(59)39(63-40(56)27-17-13-10-14-18-27)37-45(8,38(55)35(54)33(24)44(47,6)7)29(50)21-30-46(37,23-60-30)64-25(2)49/h9-18,28-30,34-37,39,50,54,59H,19-23H2,1-8H3,(H,48,58)(H,51,52)/t28-,29-,30+,34-,35+,36+,37?,39-,45+,46-,47+/m0/s1. The molecule has 2 saturated carbocycles. The molecule has 352 valence electrons. The number of ether oxygens (including phenoxy) is 6. The van der Waals surface area contributed by atoms with Gasteiger partial charge in [-0.15, -0.1) is 0 Å². The number of aliphatic hydroxyl groups excluding tert-OH is 2. The number of aliphatic carboxylic acids is 1. The first-order valence-electron chi connectivity index (χ1n) is 21.4. The Morgan fingerprint density at radius 3 is 2.09 bits per heavy atom. The number of aliphatic hydroxyl groups is 3. The highest BCUT2D eigenvalue weighted by atomic mass is 16.6. The molecule has 5 N–H and O–H groups in total. The fourth-order valence-electron chi connectivity index (χ4n) is 10.1. The Kier molecular flexibility index (Phi) is 13.5. The SMILES string of the molecule is CC(=O)O[C@@]12CO[C@@H]1C[C@H](O)[C@@]1(C)C(=O)[C@H](O)C3=C(C)[C@@H](OC(=O)[C@H](OC(=O)CCC(=O)O)[C@@H](NC(=O)OC(C)(C)C)c4ccccc4)C[C@@](O)([C@@H](OC(=O)c4ccccc4)C12)C3(C)C. The molecule has 65 heavy (non-hydrogen) atoms. The minimum atomic E-state index is -2.46. The molecule has 0 aromatic heterocycles. The molecule has 2 aromatic rings. The maximum atomic E-state index is 15.1. The predicted octanol–water partition coefficient (Wildman–Crippen LogP) is 3.68. The van der Waals surface area contributed by atoms with Gasteiger partial charge in [0, 0.05) is 25.2 Å². The lowest BCUT2D eigenvalue weighted by Gasteiger charge is -2.67. The Balaban J connectivity index is 1.52. The first-order chi connectivity index (χ1) is 30.3. The van der Waals surface area contributed by atoms with E-state index in [2.05, 4.69) is 5.32 Å². The van der Waals surface area contributed by atoms with Crippen molar-refractivity contribution in [2.45, 2.75) is 141 Å². The van der Waals surface area contributed by atoms with E-state index in [0.717, 1.165) is 6.92 Å². The smallest absolute Gasteiger partial charge is 0.408 e. The molecule has 4 aliphatic rings. The molecule has 2 aromatic carbocycles. The van der Waals surface area contributed by atoms with Crippen molar-refractivity contribution in [3.8, 4) is 0 Å². The number of amides is 1. The van der Waals surface area contributed by atoms with Gasteiger partial charge in [-0.1, -0.05) is 62.4 Å². The lowest BCUT2D eigenvalue weighted by Crippen LogP contribution is -2.81. The number of esters is 4. The highest BCUT2D eigenvalue weighted by molar-refractivity contribution is 5.94. The van der Waals surface area contributed by atoms with E-state index in [1.54, 1.807) is 57.2 Å². The Labute approximate surface area is 375 Å². The summed E-state index contributed by atoms with van der Waals surface area (Å²) in [5.41, 5.74) is -8.90. The molecular weight excluding hydrogens is 851 g/mol. The van der Waals surface area contributed by atoms with Crippen molar-refractivity contribution in [2.24, 2.45) is 16.7 Å². The average Bonchev–Trinajstić information content (AvgIpc) is 3.22. The van der Waals surface area contributed by atoms with Gasteiger partial charge in [-0.05, 0) is 63.5 Å². The highest BCUT2D eigenvalue weighted by Gasteiger charge is 2.78. The summed E-state index contributed by atoms with van der Waals surface area (Å²) < 4.78 is 35.5. The van der Waals surface area contributed by atoms with Crippen molar-refractivity contribution in [1.82, 2.24) is 5.32 Å². The number of rotatable bonds is 12. The number of Topliss-reactive ketones (excluding diaryl/α,β-unsaturated/α-hetero) is 1. The number of nitrogens with one attached hydrogen (secondary N) is 1. The van der Waals surface area contributed by atoms with Crippen LogP contribution in [0.5, 0.6) is 0 Å². The Morgan fingerprint density at radius 2 is 1.54 bits per heavy atom. The van der Waals surface area contributed by atoms with Crippen LogP contribution in [0.4, 0.5) is 4.79 Å². The second-order valence-electron chi connectivity index (χ2n) is 18.9. The summed E-state index contributed by atoms with van der Waals surface area (Å²) in [5.74, 6) is -8.16. The molecule has 0 radical (unpaired) electrons. The van der Waals surface area contributed by atoms with Crippen LogP contribution < -0.4 is 5.32 Å². The zero-order valence-corrected chi connectivity index (χ0v) is 37.5. The van der Waals surface area contributed by atoms with E-state index in [4.69, 9.17) is 28.4 Å². The molecule has 0 spiro atoms. The molecule has 18 heteroatoms. The van der Waals surface area contributed by atoms with E-state index in [0.29, 0.717) is 0 Å². The third-order valence-corrected chi connectivity index (χ3v) is 13.3. The third kappa shape index (κ3) is 9.00. The van der Waals surface area contributed by atoms with Crippen LogP contribution in [0.15, 0.2) is 71.8 Å². The summed E-state index contributed by atoms with van der Waals surface area (Å²) in [5, 5.41) is 49.8. The van der Waals surface area contributed by atoms with Crippen molar-refractivity contribution < 1.29 is 82.4 Å². The summed E-state index contributed by atoms with van der Waals surface area (Å²) in [6, 6.07) is 14.0. The molecule has 1 aliphatic heterocycles. The quantitative estimate of drug-likeness (QED) is 0.116. The first kappa shape index (κ1) is 48.8.